The molecule has 0 radical (unpaired) electrons. The molecule has 1 aliphatic carbocycles. The van der Waals surface area contributed by atoms with Gasteiger partial charge in [-0.15, -0.1) is 0 Å². The molecule has 5 amide bonds. The van der Waals surface area contributed by atoms with Crippen LogP contribution in [0.15, 0.2) is 24.3 Å². The third-order valence-electron chi connectivity index (χ3n) is 6.24. The Labute approximate surface area is 185 Å². The molecule has 1 aromatic carbocycles. The first-order chi connectivity index (χ1) is 14.9. The normalized spacial score (nSPS) is 21.3. The maximum atomic E-state index is 12.8. The molecule has 31 heavy (non-hydrogen) atoms. The Balaban J connectivity index is 1.28. The maximum absolute atomic E-state index is 12.8. The topological polar surface area (TPSA) is 102 Å². The van der Waals surface area contributed by atoms with Gasteiger partial charge in [-0.2, -0.15) is 5.01 Å². The number of halogens is 1. The number of carbonyl (C=O) groups excluding carboxylic acids is 4. The van der Waals surface area contributed by atoms with E-state index in [-0.39, 0.29) is 18.4 Å². The molecule has 2 heterocycles. The van der Waals surface area contributed by atoms with Gasteiger partial charge in [0.1, 0.15) is 5.54 Å². The van der Waals surface area contributed by atoms with E-state index in [9.17, 15) is 19.2 Å². The molecular weight excluding hydrogens is 422 g/mol. The molecule has 2 saturated heterocycles. The van der Waals surface area contributed by atoms with E-state index >= 15 is 0 Å². The van der Waals surface area contributed by atoms with Crippen molar-refractivity contribution in [3.05, 3.63) is 34.9 Å². The van der Waals surface area contributed by atoms with E-state index in [2.05, 4.69) is 10.7 Å². The van der Waals surface area contributed by atoms with Crippen molar-refractivity contribution in [1.29, 1.82) is 0 Å². The van der Waals surface area contributed by atoms with Gasteiger partial charge in [-0.05, 0) is 25.0 Å². The summed E-state index contributed by atoms with van der Waals surface area (Å²) in [5, 5.41) is 4.01. The van der Waals surface area contributed by atoms with E-state index in [1.165, 1.54) is 0 Å². The minimum atomic E-state index is -0.868. The number of nitrogens with zero attached hydrogens (tertiary/aromatic N) is 3. The number of nitrogens with one attached hydrogen (secondary N) is 2. The van der Waals surface area contributed by atoms with Crippen molar-refractivity contribution < 1.29 is 19.2 Å². The standard InChI is InChI=1S/C21H26ClN5O4/c22-16-7-3-2-6-15(16)18(29)26-12-10-25(11-13-26)14-17(28)24-27-19(30)21(23-20(27)31)8-4-1-5-9-21/h2-3,6-7H,1,4-5,8-14H2,(H,23,31)(H,24,28). The number of imide groups is 1. The van der Waals surface area contributed by atoms with Crippen LogP contribution in [0.1, 0.15) is 42.5 Å². The zero-order chi connectivity index (χ0) is 22.0. The maximum Gasteiger partial charge on any atom is 0.344 e. The minimum absolute atomic E-state index is 0.0399. The molecule has 2 N–H and O–H groups in total. The van der Waals surface area contributed by atoms with E-state index in [1.54, 1.807) is 29.2 Å². The number of urea groups is 1. The van der Waals surface area contributed by atoms with Gasteiger partial charge >= 0.3 is 6.03 Å². The van der Waals surface area contributed by atoms with Crippen LogP contribution < -0.4 is 10.7 Å². The molecule has 4 rings (SSSR count). The Morgan fingerprint density at radius 3 is 2.39 bits per heavy atom. The highest BCUT2D eigenvalue weighted by Crippen LogP contribution is 2.33. The van der Waals surface area contributed by atoms with Crippen molar-refractivity contribution in [2.75, 3.05) is 32.7 Å². The monoisotopic (exact) mass is 447 g/mol. The summed E-state index contributed by atoms with van der Waals surface area (Å²) in [4.78, 5) is 53.8. The summed E-state index contributed by atoms with van der Waals surface area (Å²) in [6, 6.07) is 6.35. The fourth-order valence-corrected chi connectivity index (χ4v) is 4.71. The summed E-state index contributed by atoms with van der Waals surface area (Å²) in [5.41, 5.74) is 2.05. The molecule has 166 valence electrons. The summed E-state index contributed by atoms with van der Waals surface area (Å²) in [5.74, 6) is -0.935. The largest absolute Gasteiger partial charge is 0.344 e. The van der Waals surface area contributed by atoms with Gasteiger partial charge in [-0.3, -0.25) is 24.7 Å². The van der Waals surface area contributed by atoms with Crippen molar-refractivity contribution in [3.8, 4) is 0 Å². The lowest BCUT2D eigenvalue weighted by Crippen LogP contribution is -2.55. The average Bonchev–Trinajstić information content (AvgIpc) is 2.98. The number of benzene rings is 1. The van der Waals surface area contributed by atoms with Crippen LogP contribution in [-0.4, -0.2) is 76.8 Å². The molecule has 0 atom stereocenters. The van der Waals surface area contributed by atoms with E-state index in [1.807, 2.05) is 4.90 Å². The Morgan fingerprint density at radius 2 is 1.71 bits per heavy atom. The van der Waals surface area contributed by atoms with Gasteiger partial charge in [0.2, 0.25) is 0 Å². The lowest BCUT2D eigenvalue weighted by Gasteiger charge is -2.34. The average molecular weight is 448 g/mol. The zero-order valence-electron chi connectivity index (χ0n) is 17.2. The lowest BCUT2D eigenvalue weighted by molar-refractivity contribution is -0.140. The van der Waals surface area contributed by atoms with Gasteiger partial charge in [0, 0.05) is 26.2 Å². The van der Waals surface area contributed by atoms with Crippen LogP contribution in [0.25, 0.3) is 0 Å². The Hall–Kier alpha value is -2.65. The first kappa shape index (κ1) is 21.6. The number of hydrazine groups is 1. The number of amides is 5. The number of hydrogen-bond donors (Lipinski definition) is 2. The molecule has 0 aromatic heterocycles. The van der Waals surface area contributed by atoms with Crippen LogP contribution >= 0.6 is 11.6 Å². The second-order valence-electron chi connectivity index (χ2n) is 8.30. The SMILES string of the molecule is O=C(CN1CCN(C(=O)c2ccccc2Cl)CC1)NN1C(=O)NC2(CCCCC2)C1=O. The number of rotatable bonds is 4. The van der Waals surface area contributed by atoms with Crippen LogP contribution in [0.2, 0.25) is 5.02 Å². The summed E-state index contributed by atoms with van der Waals surface area (Å²) in [7, 11) is 0. The van der Waals surface area contributed by atoms with E-state index in [0.717, 1.165) is 24.3 Å². The van der Waals surface area contributed by atoms with Crippen LogP contribution in [0, 0.1) is 0 Å². The van der Waals surface area contributed by atoms with Gasteiger partial charge in [-0.25, -0.2) is 4.79 Å². The first-order valence-corrected chi connectivity index (χ1v) is 11.0. The number of carbonyl (C=O) groups is 4. The molecule has 1 aromatic rings. The first-order valence-electron chi connectivity index (χ1n) is 10.6. The molecule has 0 unspecified atom stereocenters. The van der Waals surface area contributed by atoms with Crippen molar-refractivity contribution in [2.45, 2.75) is 37.6 Å². The minimum Gasteiger partial charge on any atom is -0.336 e. The Bertz CT molecular complexity index is 894. The summed E-state index contributed by atoms with van der Waals surface area (Å²) in [6.07, 6.45) is 4.01. The molecule has 1 saturated carbocycles. The van der Waals surface area contributed by atoms with Crippen LogP contribution in [0.4, 0.5) is 4.79 Å². The fraction of sp³-hybridized carbons (Fsp3) is 0.524. The van der Waals surface area contributed by atoms with E-state index in [0.29, 0.717) is 49.6 Å². The van der Waals surface area contributed by atoms with Crippen molar-refractivity contribution >= 4 is 35.4 Å². The second kappa shape index (κ2) is 8.84. The number of piperazine rings is 1. The molecular formula is C21H26ClN5O4. The van der Waals surface area contributed by atoms with E-state index < -0.39 is 17.5 Å². The van der Waals surface area contributed by atoms with Crippen LogP contribution in [0.5, 0.6) is 0 Å². The third kappa shape index (κ3) is 4.38. The van der Waals surface area contributed by atoms with Crippen LogP contribution in [0.3, 0.4) is 0 Å². The van der Waals surface area contributed by atoms with Gasteiger partial charge in [0.25, 0.3) is 17.7 Å². The van der Waals surface area contributed by atoms with Gasteiger partial charge in [0.15, 0.2) is 0 Å². The zero-order valence-corrected chi connectivity index (χ0v) is 18.0. The highest BCUT2D eigenvalue weighted by Gasteiger charge is 2.52. The van der Waals surface area contributed by atoms with Crippen LogP contribution in [-0.2, 0) is 9.59 Å². The molecule has 2 aliphatic heterocycles. The fourth-order valence-electron chi connectivity index (χ4n) is 4.49. The van der Waals surface area contributed by atoms with E-state index in [4.69, 9.17) is 11.6 Å². The molecule has 3 fully saturated rings. The van der Waals surface area contributed by atoms with Gasteiger partial charge in [0.05, 0.1) is 17.1 Å². The summed E-state index contributed by atoms with van der Waals surface area (Å²) in [6.45, 7) is 1.98. The summed E-state index contributed by atoms with van der Waals surface area (Å²) < 4.78 is 0. The highest BCUT2D eigenvalue weighted by atomic mass is 35.5. The Morgan fingerprint density at radius 1 is 1.03 bits per heavy atom. The quantitative estimate of drug-likeness (QED) is 0.679. The van der Waals surface area contributed by atoms with Gasteiger partial charge < -0.3 is 10.2 Å². The molecule has 10 heteroatoms. The van der Waals surface area contributed by atoms with Crippen molar-refractivity contribution in [1.82, 2.24) is 25.6 Å². The predicted molar refractivity (Wildman–Crippen MR) is 113 cm³/mol. The lowest BCUT2D eigenvalue weighted by atomic mass is 9.82. The smallest absolute Gasteiger partial charge is 0.336 e. The molecule has 0 bridgehead atoms. The molecule has 9 nitrogen and oxygen atoms in total. The molecule has 1 spiro atoms. The summed E-state index contributed by atoms with van der Waals surface area (Å²) >= 11 is 6.12. The van der Waals surface area contributed by atoms with Crippen molar-refractivity contribution in [2.24, 2.45) is 0 Å². The number of hydrogen-bond acceptors (Lipinski definition) is 5. The predicted octanol–water partition coefficient (Wildman–Crippen LogP) is 1.38. The van der Waals surface area contributed by atoms with Crippen molar-refractivity contribution in [3.63, 3.8) is 0 Å². The van der Waals surface area contributed by atoms with Gasteiger partial charge in [-0.1, -0.05) is 43.0 Å². The third-order valence-corrected chi connectivity index (χ3v) is 6.57. The second-order valence-corrected chi connectivity index (χ2v) is 8.70. The molecule has 3 aliphatic rings. The highest BCUT2D eigenvalue weighted by molar-refractivity contribution is 6.33. The Kier molecular flexibility index (Phi) is 6.15.